The molecule has 2 unspecified atom stereocenters. The minimum atomic E-state index is 0.339. The Morgan fingerprint density at radius 1 is 1.14 bits per heavy atom. The maximum absolute atomic E-state index is 4.78. The van der Waals surface area contributed by atoms with E-state index in [0.29, 0.717) is 12.0 Å². The summed E-state index contributed by atoms with van der Waals surface area (Å²) in [5, 5.41) is 6.93. The van der Waals surface area contributed by atoms with Crippen LogP contribution in [0.2, 0.25) is 0 Å². The van der Waals surface area contributed by atoms with E-state index in [4.69, 9.17) is 4.98 Å². The lowest BCUT2D eigenvalue weighted by atomic mass is 9.83. The van der Waals surface area contributed by atoms with E-state index in [-0.39, 0.29) is 0 Å². The lowest BCUT2D eigenvalue weighted by Crippen LogP contribution is -2.32. The molecule has 1 heterocycles. The van der Waals surface area contributed by atoms with Gasteiger partial charge >= 0.3 is 0 Å². The summed E-state index contributed by atoms with van der Waals surface area (Å²) in [6.45, 7) is 8.69. The molecule has 0 saturated heterocycles. The zero-order valence-electron chi connectivity index (χ0n) is 14.2. The maximum atomic E-state index is 4.78. The highest BCUT2D eigenvalue weighted by molar-refractivity contribution is 5.57. The quantitative estimate of drug-likeness (QED) is 0.847. The van der Waals surface area contributed by atoms with Crippen molar-refractivity contribution in [2.75, 3.05) is 17.7 Å². The van der Waals surface area contributed by atoms with Crippen LogP contribution in [0.5, 0.6) is 0 Å². The zero-order valence-corrected chi connectivity index (χ0v) is 14.2. The number of rotatable bonds is 5. The van der Waals surface area contributed by atoms with Gasteiger partial charge in [-0.25, -0.2) is 9.97 Å². The molecule has 2 rings (SSSR count). The molecule has 0 amide bonds. The van der Waals surface area contributed by atoms with Crippen molar-refractivity contribution in [2.24, 2.45) is 5.92 Å². The summed E-state index contributed by atoms with van der Waals surface area (Å²) in [7, 11) is 1.93. The van der Waals surface area contributed by atoms with Crippen molar-refractivity contribution in [2.45, 2.75) is 71.8 Å². The Balaban J connectivity index is 2.27. The molecule has 0 spiro atoms. The topological polar surface area (TPSA) is 49.8 Å². The van der Waals surface area contributed by atoms with Gasteiger partial charge in [-0.3, -0.25) is 0 Å². The minimum Gasteiger partial charge on any atom is -0.373 e. The summed E-state index contributed by atoms with van der Waals surface area (Å²) in [6.07, 6.45) is 6.55. The Labute approximate surface area is 129 Å². The van der Waals surface area contributed by atoms with E-state index >= 15 is 0 Å². The Morgan fingerprint density at radius 3 is 2.43 bits per heavy atom. The van der Waals surface area contributed by atoms with E-state index in [1.54, 1.807) is 0 Å². The predicted octanol–water partition coefficient (Wildman–Crippen LogP) is 4.33. The molecule has 4 nitrogen and oxygen atoms in total. The molecule has 1 aromatic rings. The molecule has 1 aromatic heterocycles. The van der Waals surface area contributed by atoms with Gasteiger partial charge in [0, 0.05) is 24.6 Å². The monoisotopic (exact) mass is 290 g/mol. The van der Waals surface area contributed by atoms with E-state index in [1.165, 1.54) is 32.1 Å². The summed E-state index contributed by atoms with van der Waals surface area (Å²) in [4.78, 5) is 9.40. The highest BCUT2D eigenvalue weighted by atomic mass is 15.1. The van der Waals surface area contributed by atoms with Crippen LogP contribution < -0.4 is 10.6 Å². The Kier molecular flexibility index (Phi) is 5.43. The average Bonchev–Trinajstić information content (AvgIpc) is 2.49. The normalized spacial score (nSPS) is 22.4. The molecule has 0 radical (unpaired) electrons. The Morgan fingerprint density at radius 2 is 1.81 bits per heavy atom. The first kappa shape index (κ1) is 16.1. The number of hydrogen-bond acceptors (Lipinski definition) is 4. The summed E-state index contributed by atoms with van der Waals surface area (Å²) < 4.78 is 0. The molecule has 2 atom stereocenters. The molecule has 0 aromatic carbocycles. The lowest BCUT2D eigenvalue weighted by Gasteiger charge is -2.32. The van der Waals surface area contributed by atoms with Crippen LogP contribution in [0.4, 0.5) is 11.6 Å². The molecule has 1 aliphatic carbocycles. The van der Waals surface area contributed by atoms with Crippen molar-refractivity contribution < 1.29 is 0 Å². The van der Waals surface area contributed by atoms with Gasteiger partial charge < -0.3 is 10.6 Å². The number of anilines is 2. The number of nitrogens with zero attached hydrogens (tertiary/aromatic N) is 2. The minimum absolute atomic E-state index is 0.339. The summed E-state index contributed by atoms with van der Waals surface area (Å²) in [5.41, 5.74) is 1.13. The van der Waals surface area contributed by atoms with Crippen molar-refractivity contribution >= 4 is 11.6 Å². The second-order valence-corrected chi connectivity index (χ2v) is 6.51. The van der Waals surface area contributed by atoms with Gasteiger partial charge in [0.1, 0.15) is 17.5 Å². The van der Waals surface area contributed by atoms with Gasteiger partial charge in [0.25, 0.3) is 0 Å². The van der Waals surface area contributed by atoms with E-state index in [2.05, 4.69) is 43.3 Å². The van der Waals surface area contributed by atoms with E-state index in [9.17, 15) is 0 Å². The first-order valence-corrected chi connectivity index (χ1v) is 8.39. The van der Waals surface area contributed by atoms with Crippen molar-refractivity contribution in [3.05, 3.63) is 11.4 Å². The van der Waals surface area contributed by atoms with Gasteiger partial charge in [-0.15, -0.1) is 0 Å². The molecule has 4 heteroatoms. The van der Waals surface area contributed by atoms with E-state index in [0.717, 1.165) is 28.9 Å². The third-order valence-corrected chi connectivity index (χ3v) is 4.67. The number of nitrogens with one attached hydrogen (secondary N) is 2. The summed E-state index contributed by atoms with van der Waals surface area (Å²) in [6, 6.07) is 0.557. The fourth-order valence-electron chi connectivity index (χ4n) is 3.24. The van der Waals surface area contributed by atoms with Crippen molar-refractivity contribution in [1.82, 2.24) is 9.97 Å². The van der Waals surface area contributed by atoms with E-state index < -0.39 is 0 Å². The van der Waals surface area contributed by atoms with Crippen LogP contribution in [-0.2, 0) is 0 Å². The third-order valence-electron chi connectivity index (χ3n) is 4.67. The first-order chi connectivity index (χ1) is 10.1. The van der Waals surface area contributed by atoms with Gasteiger partial charge in [-0.1, -0.05) is 40.0 Å². The average molecular weight is 290 g/mol. The second-order valence-electron chi connectivity index (χ2n) is 6.51. The zero-order chi connectivity index (χ0) is 15.4. The van der Waals surface area contributed by atoms with Gasteiger partial charge in [-0.05, 0) is 25.7 Å². The van der Waals surface area contributed by atoms with Crippen molar-refractivity contribution in [1.29, 1.82) is 0 Å². The van der Waals surface area contributed by atoms with Crippen LogP contribution in [0.15, 0.2) is 0 Å². The number of hydrogen-bond donors (Lipinski definition) is 2. The number of aromatic nitrogens is 2. The SMILES string of the molecule is CCC1CCCCC1Nc1nc(C(C)C)nc(NC)c1C. The molecular weight excluding hydrogens is 260 g/mol. The first-order valence-electron chi connectivity index (χ1n) is 8.39. The standard InChI is InChI=1S/C17H30N4/c1-6-13-9-7-8-10-14(13)19-17-12(4)16(18-5)20-15(21-17)11(2)3/h11,13-14H,6-10H2,1-5H3,(H2,18,19,20,21). The van der Waals surface area contributed by atoms with Crippen LogP contribution >= 0.6 is 0 Å². The largest absolute Gasteiger partial charge is 0.373 e. The van der Waals surface area contributed by atoms with Crippen LogP contribution in [-0.4, -0.2) is 23.1 Å². The van der Waals surface area contributed by atoms with Crippen LogP contribution in [0.1, 0.15) is 70.2 Å². The predicted molar refractivity (Wildman–Crippen MR) is 90.1 cm³/mol. The van der Waals surface area contributed by atoms with Crippen LogP contribution in [0, 0.1) is 12.8 Å². The van der Waals surface area contributed by atoms with Gasteiger partial charge in [0.2, 0.25) is 0 Å². The molecule has 1 saturated carbocycles. The highest BCUT2D eigenvalue weighted by Crippen LogP contribution is 2.31. The summed E-state index contributed by atoms with van der Waals surface area (Å²) in [5.74, 6) is 3.99. The van der Waals surface area contributed by atoms with Gasteiger partial charge in [0.15, 0.2) is 0 Å². The Hall–Kier alpha value is -1.32. The van der Waals surface area contributed by atoms with Crippen LogP contribution in [0.25, 0.3) is 0 Å². The highest BCUT2D eigenvalue weighted by Gasteiger charge is 2.25. The molecule has 21 heavy (non-hydrogen) atoms. The van der Waals surface area contributed by atoms with Gasteiger partial charge in [0.05, 0.1) is 0 Å². The van der Waals surface area contributed by atoms with Crippen molar-refractivity contribution in [3.8, 4) is 0 Å². The lowest BCUT2D eigenvalue weighted by molar-refractivity contribution is 0.316. The summed E-state index contributed by atoms with van der Waals surface area (Å²) >= 11 is 0. The Bertz CT molecular complexity index is 470. The fourth-order valence-corrected chi connectivity index (χ4v) is 3.24. The molecule has 0 aliphatic heterocycles. The van der Waals surface area contributed by atoms with Crippen LogP contribution in [0.3, 0.4) is 0 Å². The molecular formula is C17H30N4. The van der Waals surface area contributed by atoms with E-state index in [1.807, 2.05) is 7.05 Å². The third kappa shape index (κ3) is 3.66. The molecule has 0 bridgehead atoms. The molecule has 2 N–H and O–H groups in total. The second kappa shape index (κ2) is 7.10. The smallest absolute Gasteiger partial charge is 0.135 e. The molecule has 1 fully saturated rings. The van der Waals surface area contributed by atoms with Gasteiger partial charge in [-0.2, -0.15) is 0 Å². The maximum Gasteiger partial charge on any atom is 0.135 e. The van der Waals surface area contributed by atoms with Crippen molar-refractivity contribution in [3.63, 3.8) is 0 Å². The molecule has 1 aliphatic rings. The molecule has 118 valence electrons. The fraction of sp³-hybridized carbons (Fsp3) is 0.765.